The maximum atomic E-state index is 12.9. The molecule has 1 atom stereocenters. The first kappa shape index (κ1) is 20.7. The van der Waals surface area contributed by atoms with Gasteiger partial charge in [0, 0.05) is 31.3 Å². The van der Waals surface area contributed by atoms with Crippen LogP contribution in [0.4, 0.5) is 5.69 Å². The van der Waals surface area contributed by atoms with Crippen molar-refractivity contribution in [1.82, 2.24) is 4.90 Å². The van der Waals surface area contributed by atoms with Crippen LogP contribution in [0.1, 0.15) is 34.0 Å². The third-order valence-electron chi connectivity index (χ3n) is 5.51. The first-order valence-electron chi connectivity index (χ1n) is 10.5. The maximum absolute atomic E-state index is 12.9. The second-order valence-corrected chi connectivity index (χ2v) is 7.82. The zero-order valence-electron chi connectivity index (χ0n) is 17.8. The van der Waals surface area contributed by atoms with Crippen molar-refractivity contribution in [2.45, 2.75) is 32.4 Å². The molecule has 158 valence electrons. The van der Waals surface area contributed by atoms with E-state index in [1.165, 1.54) is 5.56 Å². The lowest BCUT2D eigenvalue weighted by atomic mass is 10.1. The lowest BCUT2D eigenvalue weighted by molar-refractivity contribution is -0.122. The van der Waals surface area contributed by atoms with Gasteiger partial charge in [-0.15, -0.1) is 0 Å². The highest BCUT2D eigenvalue weighted by atomic mass is 16.5. The highest BCUT2D eigenvalue weighted by Crippen LogP contribution is 2.28. The number of hydrogen-bond acceptors (Lipinski definition) is 3. The van der Waals surface area contributed by atoms with Crippen molar-refractivity contribution in [3.8, 4) is 5.75 Å². The molecule has 0 aliphatic carbocycles. The summed E-state index contributed by atoms with van der Waals surface area (Å²) >= 11 is 0. The monoisotopic (exact) mass is 414 g/mol. The van der Waals surface area contributed by atoms with Crippen molar-refractivity contribution in [3.63, 3.8) is 0 Å². The summed E-state index contributed by atoms with van der Waals surface area (Å²) < 4.78 is 5.75. The number of anilines is 1. The number of carbonyl (C=O) groups excluding carboxylic acids is 2. The van der Waals surface area contributed by atoms with Crippen molar-refractivity contribution in [1.29, 1.82) is 0 Å². The quantitative estimate of drug-likeness (QED) is 0.648. The molecule has 1 aliphatic heterocycles. The van der Waals surface area contributed by atoms with E-state index in [-0.39, 0.29) is 11.8 Å². The first-order chi connectivity index (χ1) is 15.0. The number of ether oxygens (including phenoxy) is 1. The van der Waals surface area contributed by atoms with E-state index in [0.717, 1.165) is 23.3 Å². The summed E-state index contributed by atoms with van der Waals surface area (Å²) in [6.45, 7) is 2.64. The van der Waals surface area contributed by atoms with E-state index in [1.807, 2.05) is 24.3 Å². The van der Waals surface area contributed by atoms with Gasteiger partial charge in [0.05, 0.1) is 0 Å². The third-order valence-corrected chi connectivity index (χ3v) is 5.51. The molecular formula is C26H26N2O3. The molecule has 5 nitrogen and oxygen atoms in total. The van der Waals surface area contributed by atoms with E-state index in [2.05, 4.69) is 36.5 Å². The lowest BCUT2D eigenvalue weighted by Crippen LogP contribution is -2.31. The number of nitrogens with one attached hydrogen (secondary N) is 1. The van der Waals surface area contributed by atoms with Gasteiger partial charge in [-0.25, -0.2) is 0 Å². The molecule has 0 saturated carbocycles. The summed E-state index contributed by atoms with van der Waals surface area (Å²) in [6.07, 6.45) is 0.969. The topological polar surface area (TPSA) is 58.6 Å². The largest absolute Gasteiger partial charge is 0.480 e. The molecule has 1 unspecified atom stereocenters. The molecule has 31 heavy (non-hydrogen) atoms. The van der Waals surface area contributed by atoms with Gasteiger partial charge in [0.25, 0.3) is 11.8 Å². The summed E-state index contributed by atoms with van der Waals surface area (Å²) in [5.41, 5.74) is 4.49. The molecule has 1 heterocycles. The Labute approximate surface area is 182 Å². The van der Waals surface area contributed by atoms with E-state index in [9.17, 15) is 9.59 Å². The molecule has 0 saturated heterocycles. The Morgan fingerprint density at radius 1 is 1.00 bits per heavy atom. The third kappa shape index (κ3) is 4.77. The number of rotatable bonds is 6. The van der Waals surface area contributed by atoms with E-state index in [4.69, 9.17) is 4.74 Å². The van der Waals surface area contributed by atoms with Crippen molar-refractivity contribution in [2.24, 2.45) is 0 Å². The highest BCUT2D eigenvalue weighted by molar-refractivity contribution is 5.98. The highest BCUT2D eigenvalue weighted by Gasteiger charge is 2.28. The van der Waals surface area contributed by atoms with Crippen molar-refractivity contribution in [2.75, 3.05) is 12.4 Å². The molecule has 1 aliphatic rings. The van der Waals surface area contributed by atoms with Gasteiger partial charge in [0.1, 0.15) is 5.75 Å². The molecule has 3 aromatic carbocycles. The van der Waals surface area contributed by atoms with Gasteiger partial charge in [0.15, 0.2) is 6.10 Å². The number of aryl methyl sites for hydroxylation is 1. The van der Waals surface area contributed by atoms with Crippen molar-refractivity contribution in [3.05, 3.63) is 95.1 Å². The maximum Gasteiger partial charge on any atom is 0.265 e. The summed E-state index contributed by atoms with van der Waals surface area (Å²) in [5, 5.41) is 2.88. The fourth-order valence-corrected chi connectivity index (χ4v) is 3.73. The minimum atomic E-state index is -0.564. The van der Waals surface area contributed by atoms with Crippen molar-refractivity contribution < 1.29 is 14.3 Å². The molecule has 3 aromatic rings. The Morgan fingerprint density at radius 3 is 2.48 bits per heavy atom. The standard InChI is InChI=1S/C26H26N2O3/c1-3-18-11-13-19(14-12-18)17-28(2)26(30)21-8-6-9-22(15-21)27-25(29)24-16-20-7-4-5-10-23(20)31-24/h4-15,24H,3,16-17H2,1-2H3,(H,27,29). The molecule has 4 rings (SSSR count). The Morgan fingerprint density at radius 2 is 1.74 bits per heavy atom. The smallest absolute Gasteiger partial charge is 0.265 e. The number of amides is 2. The van der Waals surface area contributed by atoms with Gasteiger partial charge >= 0.3 is 0 Å². The Hall–Kier alpha value is -3.60. The van der Waals surface area contributed by atoms with Gasteiger partial charge in [-0.2, -0.15) is 0 Å². The number of benzene rings is 3. The number of para-hydroxylation sites is 1. The molecule has 0 aromatic heterocycles. The van der Waals surface area contributed by atoms with Crippen LogP contribution in [0.3, 0.4) is 0 Å². The van der Waals surface area contributed by atoms with Crippen LogP contribution in [0.15, 0.2) is 72.8 Å². The zero-order chi connectivity index (χ0) is 21.8. The van der Waals surface area contributed by atoms with Crippen LogP contribution in [-0.4, -0.2) is 29.9 Å². The van der Waals surface area contributed by atoms with Gasteiger partial charge in [-0.05, 0) is 47.4 Å². The molecule has 0 bridgehead atoms. The molecule has 1 N–H and O–H groups in total. The van der Waals surface area contributed by atoms with Gasteiger partial charge in [0.2, 0.25) is 0 Å². The van der Waals surface area contributed by atoms with Gasteiger partial charge in [-0.3, -0.25) is 9.59 Å². The van der Waals surface area contributed by atoms with Crippen LogP contribution in [0.5, 0.6) is 5.75 Å². The predicted octanol–water partition coefficient (Wildman–Crippen LogP) is 4.46. The minimum absolute atomic E-state index is 0.0970. The lowest BCUT2D eigenvalue weighted by Gasteiger charge is -2.18. The number of nitrogens with zero attached hydrogens (tertiary/aromatic N) is 1. The summed E-state index contributed by atoms with van der Waals surface area (Å²) in [7, 11) is 1.78. The van der Waals surface area contributed by atoms with Crippen LogP contribution < -0.4 is 10.1 Å². The molecular weight excluding hydrogens is 388 g/mol. The molecule has 0 spiro atoms. The number of carbonyl (C=O) groups is 2. The van der Waals surface area contributed by atoms with E-state index >= 15 is 0 Å². The van der Waals surface area contributed by atoms with Crippen LogP contribution in [0, 0.1) is 0 Å². The molecule has 5 heteroatoms. The normalized spacial score (nSPS) is 14.5. The van der Waals surface area contributed by atoms with E-state index in [0.29, 0.717) is 24.2 Å². The van der Waals surface area contributed by atoms with Crippen LogP contribution in [0.2, 0.25) is 0 Å². The number of hydrogen-bond donors (Lipinski definition) is 1. The summed E-state index contributed by atoms with van der Waals surface area (Å²) in [5.74, 6) is 0.436. The van der Waals surface area contributed by atoms with Crippen LogP contribution in [-0.2, 0) is 24.2 Å². The average molecular weight is 415 g/mol. The molecule has 0 fully saturated rings. The van der Waals surface area contributed by atoms with E-state index in [1.54, 1.807) is 36.2 Å². The SMILES string of the molecule is CCc1ccc(CN(C)C(=O)c2cccc(NC(=O)C3Cc4ccccc4O3)c2)cc1. The minimum Gasteiger partial charge on any atom is -0.480 e. The molecule has 2 amide bonds. The molecule has 0 radical (unpaired) electrons. The predicted molar refractivity (Wildman–Crippen MR) is 121 cm³/mol. The first-order valence-corrected chi connectivity index (χ1v) is 10.5. The average Bonchev–Trinajstić information content (AvgIpc) is 3.24. The van der Waals surface area contributed by atoms with Crippen LogP contribution in [0.25, 0.3) is 0 Å². The van der Waals surface area contributed by atoms with Crippen LogP contribution >= 0.6 is 0 Å². The summed E-state index contributed by atoms with van der Waals surface area (Å²) in [4.78, 5) is 27.2. The fraction of sp³-hybridized carbons (Fsp3) is 0.231. The zero-order valence-corrected chi connectivity index (χ0v) is 17.8. The Balaban J connectivity index is 1.39. The Bertz CT molecular complexity index is 1070. The fourth-order valence-electron chi connectivity index (χ4n) is 3.73. The Kier molecular flexibility index (Phi) is 6.03. The second-order valence-electron chi connectivity index (χ2n) is 7.82. The number of fused-ring (bicyclic) bond motifs is 1. The summed E-state index contributed by atoms with van der Waals surface area (Å²) in [6, 6.07) is 23.0. The van der Waals surface area contributed by atoms with E-state index < -0.39 is 6.10 Å². The second kappa shape index (κ2) is 9.04. The van der Waals surface area contributed by atoms with Crippen molar-refractivity contribution >= 4 is 17.5 Å². The van der Waals surface area contributed by atoms with Gasteiger partial charge < -0.3 is 15.0 Å². The van der Waals surface area contributed by atoms with Gasteiger partial charge in [-0.1, -0.05) is 55.5 Å².